The Kier molecular flexibility index (Phi) is 5.36. The average molecular weight is 324 g/mol. The van der Waals surface area contributed by atoms with E-state index in [1.165, 1.54) is 14.9 Å². The van der Waals surface area contributed by atoms with Gasteiger partial charge in [-0.25, -0.2) is 0 Å². The van der Waals surface area contributed by atoms with Crippen molar-refractivity contribution in [2.24, 2.45) is 11.8 Å². The highest BCUT2D eigenvalue weighted by molar-refractivity contribution is 14.1. The molecule has 0 spiro atoms. The molecule has 0 aromatic carbocycles. The molecule has 2 nitrogen and oxygen atoms in total. The molecule has 0 amide bonds. The predicted octanol–water partition coefficient (Wildman–Crippen LogP) is 3.29. The fourth-order valence-corrected chi connectivity index (χ4v) is 2.80. The first-order chi connectivity index (χ1) is 6.67. The molecular weight excluding hydrogens is 307 g/mol. The van der Waals surface area contributed by atoms with Gasteiger partial charge in [0.15, 0.2) is 0 Å². The summed E-state index contributed by atoms with van der Waals surface area (Å²) in [5, 5.41) is 2.19. The summed E-state index contributed by atoms with van der Waals surface area (Å²) in [4.78, 5) is 0. The first-order valence-electron chi connectivity index (χ1n) is 4.87. The zero-order valence-electron chi connectivity index (χ0n) is 8.59. The fourth-order valence-electron chi connectivity index (χ4n) is 1.38. The summed E-state index contributed by atoms with van der Waals surface area (Å²) in [5.41, 5.74) is 4.22. The Balaban J connectivity index is 2.62. The lowest BCUT2D eigenvalue weighted by atomic mass is 9.96. The zero-order valence-corrected chi connectivity index (χ0v) is 11.6. The van der Waals surface area contributed by atoms with Crippen molar-refractivity contribution in [3.05, 3.63) is 19.9 Å². The number of halogens is 1. The van der Waals surface area contributed by atoms with E-state index in [4.69, 9.17) is 5.84 Å². The highest BCUT2D eigenvalue weighted by Gasteiger charge is 2.14. The minimum atomic E-state index is 0.310. The third-order valence-electron chi connectivity index (χ3n) is 2.53. The fraction of sp³-hybridized carbons (Fsp3) is 0.600. The van der Waals surface area contributed by atoms with E-state index in [0.717, 1.165) is 6.42 Å². The number of hydrogen-bond acceptors (Lipinski definition) is 3. The Bertz CT molecular complexity index is 275. The summed E-state index contributed by atoms with van der Waals surface area (Å²) in [7, 11) is 0. The predicted molar refractivity (Wildman–Crippen MR) is 71.2 cm³/mol. The Morgan fingerprint density at radius 2 is 2.36 bits per heavy atom. The molecule has 1 heterocycles. The second kappa shape index (κ2) is 6.05. The lowest BCUT2D eigenvalue weighted by molar-refractivity contribution is 0.408. The van der Waals surface area contributed by atoms with Crippen LogP contribution >= 0.6 is 33.9 Å². The number of nitrogens with one attached hydrogen (secondary N) is 1. The smallest absolute Gasteiger partial charge is 0.0656 e. The number of thiophene rings is 1. The molecule has 1 rings (SSSR count). The van der Waals surface area contributed by atoms with Gasteiger partial charge in [0, 0.05) is 6.04 Å². The van der Waals surface area contributed by atoms with Gasteiger partial charge in [-0.2, -0.15) is 0 Å². The van der Waals surface area contributed by atoms with Crippen LogP contribution in [0.2, 0.25) is 0 Å². The largest absolute Gasteiger partial charge is 0.271 e. The summed E-state index contributed by atoms with van der Waals surface area (Å²) in [6, 6.07) is 2.52. The molecule has 0 aliphatic carbocycles. The molecule has 14 heavy (non-hydrogen) atoms. The van der Waals surface area contributed by atoms with Gasteiger partial charge in [0.1, 0.15) is 0 Å². The molecule has 0 saturated heterocycles. The standard InChI is InChI=1S/C10H17IN2S/c1-3-7(2)4-9(13-12)8-5-10(11)14-6-8/h5-7,9,13H,3-4,12H2,1-2H3. The number of rotatable bonds is 5. The van der Waals surface area contributed by atoms with E-state index in [0.29, 0.717) is 12.0 Å². The minimum Gasteiger partial charge on any atom is -0.271 e. The van der Waals surface area contributed by atoms with E-state index in [1.807, 2.05) is 0 Å². The van der Waals surface area contributed by atoms with Crippen molar-refractivity contribution in [1.82, 2.24) is 5.43 Å². The molecule has 2 atom stereocenters. The van der Waals surface area contributed by atoms with Gasteiger partial charge >= 0.3 is 0 Å². The molecule has 4 heteroatoms. The highest BCUT2D eigenvalue weighted by Crippen LogP contribution is 2.27. The molecule has 0 aliphatic rings. The minimum absolute atomic E-state index is 0.310. The van der Waals surface area contributed by atoms with Crippen LogP contribution in [0.15, 0.2) is 11.4 Å². The second-order valence-electron chi connectivity index (χ2n) is 3.65. The molecule has 0 fully saturated rings. The highest BCUT2D eigenvalue weighted by atomic mass is 127. The van der Waals surface area contributed by atoms with Crippen LogP contribution in [0.4, 0.5) is 0 Å². The zero-order chi connectivity index (χ0) is 10.6. The third kappa shape index (κ3) is 3.49. The lowest BCUT2D eigenvalue weighted by Crippen LogP contribution is -2.29. The van der Waals surface area contributed by atoms with Crippen molar-refractivity contribution in [2.75, 3.05) is 0 Å². The summed E-state index contributed by atoms with van der Waals surface area (Å²) < 4.78 is 1.32. The molecule has 0 aliphatic heterocycles. The van der Waals surface area contributed by atoms with E-state index in [9.17, 15) is 0 Å². The lowest BCUT2D eigenvalue weighted by Gasteiger charge is -2.18. The van der Waals surface area contributed by atoms with Gasteiger partial charge in [-0.15, -0.1) is 11.3 Å². The van der Waals surface area contributed by atoms with Gasteiger partial charge in [-0.05, 0) is 51.9 Å². The maximum Gasteiger partial charge on any atom is 0.0656 e. The van der Waals surface area contributed by atoms with Gasteiger partial charge in [-0.1, -0.05) is 20.3 Å². The van der Waals surface area contributed by atoms with Gasteiger partial charge < -0.3 is 0 Å². The van der Waals surface area contributed by atoms with E-state index in [2.05, 4.69) is 53.3 Å². The van der Waals surface area contributed by atoms with Crippen LogP contribution in [0.1, 0.15) is 38.3 Å². The van der Waals surface area contributed by atoms with E-state index < -0.39 is 0 Å². The monoisotopic (exact) mass is 324 g/mol. The molecule has 2 unspecified atom stereocenters. The molecule has 80 valence electrons. The van der Waals surface area contributed by atoms with Crippen LogP contribution in [0.25, 0.3) is 0 Å². The van der Waals surface area contributed by atoms with E-state index in [1.54, 1.807) is 11.3 Å². The molecule has 3 N–H and O–H groups in total. The van der Waals surface area contributed by atoms with Crippen molar-refractivity contribution < 1.29 is 0 Å². The van der Waals surface area contributed by atoms with Crippen molar-refractivity contribution >= 4 is 33.9 Å². The molecular formula is C10H17IN2S. The topological polar surface area (TPSA) is 38.0 Å². The number of nitrogens with two attached hydrogens (primary N) is 1. The summed E-state index contributed by atoms with van der Waals surface area (Å²) >= 11 is 4.12. The number of hydrazine groups is 1. The van der Waals surface area contributed by atoms with Crippen LogP contribution < -0.4 is 11.3 Å². The maximum atomic E-state index is 5.57. The Labute approximate surface area is 103 Å². The normalized spacial score (nSPS) is 15.4. The molecule has 0 radical (unpaired) electrons. The molecule has 1 aromatic rings. The van der Waals surface area contributed by atoms with Gasteiger partial charge in [-0.3, -0.25) is 11.3 Å². The summed E-state index contributed by atoms with van der Waals surface area (Å²) in [6.07, 6.45) is 2.32. The Morgan fingerprint density at radius 1 is 1.64 bits per heavy atom. The van der Waals surface area contributed by atoms with Crippen LogP contribution in [0.5, 0.6) is 0 Å². The Morgan fingerprint density at radius 3 is 2.79 bits per heavy atom. The molecule has 0 bridgehead atoms. The van der Waals surface area contributed by atoms with Crippen LogP contribution in [-0.4, -0.2) is 0 Å². The van der Waals surface area contributed by atoms with E-state index in [-0.39, 0.29) is 0 Å². The third-order valence-corrected chi connectivity index (χ3v) is 4.33. The Hall–Kier alpha value is 0.350. The van der Waals surface area contributed by atoms with Gasteiger partial charge in [0.25, 0.3) is 0 Å². The second-order valence-corrected chi connectivity index (χ2v) is 6.46. The van der Waals surface area contributed by atoms with Crippen molar-refractivity contribution in [2.45, 2.75) is 32.7 Å². The first-order valence-corrected chi connectivity index (χ1v) is 6.83. The quantitative estimate of drug-likeness (QED) is 0.495. The summed E-state index contributed by atoms with van der Waals surface area (Å²) in [6.45, 7) is 4.48. The van der Waals surface area contributed by atoms with Crippen LogP contribution in [0.3, 0.4) is 0 Å². The first kappa shape index (κ1) is 12.4. The van der Waals surface area contributed by atoms with Crippen LogP contribution in [-0.2, 0) is 0 Å². The van der Waals surface area contributed by atoms with E-state index >= 15 is 0 Å². The van der Waals surface area contributed by atoms with Crippen molar-refractivity contribution in [3.63, 3.8) is 0 Å². The van der Waals surface area contributed by atoms with Crippen molar-refractivity contribution in [1.29, 1.82) is 0 Å². The van der Waals surface area contributed by atoms with Crippen LogP contribution in [0, 0.1) is 8.80 Å². The SMILES string of the molecule is CCC(C)CC(NN)c1csc(I)c1. The maximum absolute atomic E-state index is 5.57. The van der Waals surface area contributed by atoms with Crippen molar-refractivity contribution in [3.8, 4) is 0 Å². The summed E-state index contributed by atoms with van der Waals surface area (Å²) in [5.74, 6) is 6.29. The number of hydrogen-bond donors (Lipinski definition) is 2. The van der Waals surface area contributed by atoms with Gasteiger partial charge in [0.05, 0.1) is 2.88 Å². The molecule has 1 aromatic heterocycles. The molecule has 0 saturated carbocycles. The van der Waals surface area contributed by atoms with Gasteiger partial charge in [0.2, 0.25) is 0 Å². The average Bonchev–Trinajstić information content (AvgIpc) is 2.60.